The Morgan fingerprint density at radius 2 is 2.00 bits per heavy atom. The Bertz CT molecular complexity index is 33.4. The molecule has 0 saturated heterocycles. The minimum Gasteiger partial charge on any atom is -0.198 e. The first-order valence-electron chi connectivity index (χ1n) is 1.28. The van der Waals surface area contributed by atoms with E-state index in [2.05, 4.69) is 0 Å². The zero-order valence-corrected chi connectivity index (χ0v) is 2.65. The molecule has 1 nitrogen and oxygen atoms in total. The highest BCUT2D eigenvalue weighted by Gasteiger charge is 1.49. The average molecular weight is 71.1 g/mol. The van der Waals surface area contributed by atoms with Crippen LogP contribution in [-0.4, -0.2) is 0 Å². The van der Waals surface area contributed by atoms with Crippen molar-refractivity contribution in [1.82, 2.24) is 0 Å². The summed E-state index contributed by atoms with van der Waals surface area (Å²) in [7, 11) is 0. The van der Waals surface area contributed by atoms with Crippen LogP contribution in [0.5, 0.6) is 0 Å². The van der Waals surface area contributed by atoms with Crippen molar-refractivity contribution >= 4 is 0 Å². The van der Waals surface area contributed by atoms with Crippen LogP contribution in [0, 0.1) is 11.3 Å². The molecule has 0 rings (SSSR count). The number of rotatable bonds is 0. The molecule has 0 aromatic heterocycles. The van der Waals surface area contributed by atoms with E-state index in [1.54, 1.807) is 0 Å². The first-order valence-corrected chi connectivity index (χ1v) is 1.28. The lowest BCUT2D eigenvalue weighted by atomic mass is 10.6. The van der Waals surface area contributed by atoms with Gasteiger partial charge in [-0.15, -0.1) is 0 Å². The first-order chi connectivity index (χ1) is 1.91. The van der Waals surface area contributed by atoms with E-state index in [9.17, 15) is 0 Å². The molecule has 0 aromatic carbocycles. The molecule has 0 aliphatic rings. The second-order valence-corrected chi connectivity index (χ2v) is 0.512. The van der Waals surface area contributed by atoms with E-state index < -0.39 is 0 Å². The zero-order valence-electron chi connectivity index (χ0n) is 2.65. The predicted molar refractivity (Wildman–Crippen MR) is 22.6 cm³/mol. The van der Waals surface area contributed by atoms with E-state index in [1.807, 2.05) is 13.0 Å². The third-order valence-electron chi connectivity index (χ3n) is 0.158. The van der Waals surface area contributed by atoms with Crippen molar-refractivity contribution in [2.75, 3.05) is 0 Å². The second kappa shape index (κ2) is 9.75. The molecule has 0 aliphatic heterocycles. The zero-order chi connectivity index (χ0) is 3.41. The maximum absolute atomic E-state index is 7.62. The third-order valence-corrected chi connectivity index (χ3v) is 0.158. The standard InChI is InChI=1S/C3H5N.CH4/c1-2-3-4;/h2H2,1H3;1H4. The molecule has 0 N–H and O–H groups in total. The molecule has 0 heterocycles. The largest absolute Gasteiger partial charge is 0.198 e. The number of nitriles is 1. The fourth-order valence-electron chi connectivity index (χ4n) is 0. The van der Waals surface area contributed by atoms with E-state index in [1.165, 1.54) is 0 Å². The molecule has 1 heteroatoms. The van der Waals surface area contributed by atoms with Gasteiger partial charge >= 0.3 is 0 Å². The maximum Gasteiger partial charge on any atom is 0.0618 e. The Kier molecular flexibility index (Phi) is 17.2. The van der Waals surface area contributed by atoms with Gasteiger partial charge in [0.2, 0.25) is 0 Å². The van der Waals surface area contributed by atoms with Crippen LogP contribution in [0.2, 0.25) is 0 Å². The van der Waals surface area contributed by atoms with Gasteiger partial charge in [0.05, 0.1) is 6.07 Å². The summed E-state index contributed by atoms with van der Waals surface area (Å²) in [6.45, 7) is 1.82. The minimum absolute atomic E-state index is 0. The third kappa shape index (κ3) is 32.3. The lowest BCUT2D eigenvalue weighted by molar-refractivity contribution is 1.22. The van der Waals surface area contributed by atoms with E-state index in [4.69, 9.17) is 5.26 Å². The number of nitrogens with zero attached hydrogens (tertiary/aromatic N) is 1. The fraction of sp³-hybridized carbons (Fsp3) is 0.750. The topological polar surface area (TPSA) is 23.8 Å². The van der Waals surface area contributed by atoms with Gasteiger partial charge in [0.1, 0.15) is 0 Å². The second-order valence-electron chi connectivity index (χ2n) is 0.512. The Morgan fingerprint density at radius 1 is 1.80 bits per heavy atom. The summed E-state index contributed by atoms with van der Waals surface area (Å²) in [4.78, 5) is 0. The monoisotopic (exact) mass is 71.1 g/mol. The highest BCUT2D eigenvalue weighted by Crippen LogP contribution is 1.58. The van der Waals surface area contributed by atoms with Crippen LogP contribution in [0.4, 0.5) is 0 Å². The quantitative estimate of drug-likeness (QED) is 0.425. The Hall–Kier alpha value is -0.510. The van der Waals surface area contributed by atoms with Crippen molar-refractivity contribution in [2.24, 2.45) is 0 Å². The molecule has 0 fully saturated rings. The van der Waals surface area contributed by atoms with Crippen molar-refractivity contribution in [2.45, 2.75) is 20.8 Å². The van der Waals surface area contributed by atoms with E-state index in [0.717, 1.165) is 0 Å². The molecule has 0 bridgehead atoms. The lowest BCUT2D eigenvalue weighted by Gasteiger charge is -1.47. The summed E-state index contributed by atoms with van der Waals surface area (Å²) in [5.74, 6) is 0. The van der Waals surface area contributed by atoms with E-state index in [-0.39, 0.29) is 7.43 Å². The molecular formula is C4H9N. The summed E-state index contributed by atoms with van der Waals surface area (Å²) >= 11 is 0. The number of hydrogen-bond donors (Lipinski definition) is 0. The van der Waals surface area contributed by atoms with Gasteiger partial charge in [-0.3, -0.25) is 0 Å². The Morgan fingerprint density at radius 3 is 2.00 bits per heavy atom. The van der Waals surface area contributed by atoms with Gasteiger partial charge in [-0.05, 0) is 0 Å². The number of hydrogen-bond acceptors (Lipinski definition) is 1. The molecule has 30 valence electrons. The Balaban J connectivity index is 0. The van der Waals surface area contributed by atoms with Crippen LogP contribution >= 0.6 is 0 Å². The molecule has 0 atom stereocenters. The maximum atomic E-state index is 7.62. The molecule has 5 heavy (non-hydrogen) atoms. The van der Waals surface area contributed by atoms with Gasteiger partial charge in [-0.2, -0.15) is 5.26 Å². The summed E-state index contributed by atoms with van der Waals surface area (Å²) < 4.78 is 0. The fourth-order valence-corrected chi connectivity index (χ4v) is 0. The molecule has 0 amide bonds. The van der Waals surface area contributed by atoms with Gasteiger partial charge in [0.25, 0.3) is 0 Å². The highest BCUT2D eigenvalue weighted by molar-refractivity contribution is 4.61. The normalized spacial score (nSPS) is 4.00. The summed E-state index contributed by atoms with van der Waals surface area (Å²) in [5.41, 5.74) is 0. The van der Waals surface area contributed by atoms with Crippen molar-refractivity contribution < 1.29 is 0 Å². The summed E-state index contributed by atoms with van der Waals surface area (Å²) in [6.07, 6.45) is 0.625. The molecule has 0 aromatic rings. The summed E-state index contributed by atoms with van der Waals surface area (Å²) in [6, 6.07) is 1.93. The molecular weight excluding hydrogens is 62.1 g/mol. The van der Waals surface area contributed by atoms with Crippen LogP contribution in [-0.2, 0) is 0 Å². The lowest BCUT2D eigenvalue weighted by Crippen LogP contribution is -1.38. The predicted octanol–water partition coefficient (Wildman–Crippen LogP) is 1.56. The average Bonchev–Trinajstić information content (AvgIpc) is 1.37. The van der Waals surface area contributed by atoms with Crippen molar-refractivity contribution in [3.05, 3.63) is 0 Å². The van der Waals surface area contributed by atoms with Gasteiger partial charge in [0.15, 0.2) is 0 Å². The SMILES string of the molecule is C.CCC#N. The van der Waals surface area contributed by atoms with Crippen LogP contribution in [0.25, 0.3) is 0 Å². The Labute approximate surface area is 33.2 Å². The smallest absolute Gasteiger partial charge is 0.0618 e. The highest BCUT2D eigenvalue weighted by atomic mass is 14.2. The molecule has 0 spiro atoms. The van der Waals surface area contributed by atoms with Crippen molar-refractivity contribution in [3.8, 4) is 6.07 Å². The molecule has 0 saturated carbocycles. The van der Waals surface area contributed by atoms with Crippen molar-refractivity contribution in [3.63, 3.8) is 0 Å². The van der Waals surface area contributed by atoms with Gasteiger partial charge < -0.3 is 0 Å². The van der Waals surface area contributed by atoms with Gasteiger partial charge in [0, 0.05) is 6.42 Å². The van der Waals surface area contributed by atoms with E-state index >= 15 is 0 Å². The first kappa shape index (κ1) is 8.82. The van der Waals surface area contributed by atoms with Crippen molar-refractivity contribution in [1.29, 1.82) is 5.26 Å². The minimum atomic E-state index is 0. The van der Waals surface area contributed by atoms with E-state index in [0.29, 0.717) is 6.42 Å². The van der Waals surface area contributed by atoms with Gasteiger partial charge in [-0.1, -0.05) is 14.4 Å². The summed E-state index contributed by atoms with van der Waals surface area (Å²) in [5, 5.41) is 7.62. The van der Waals surface area contributed by atoms with Crippen LogP contribution in [0.15, 0.2) is 0 Å². The molecule has 0 radical (unpaired) electrons. The van der Waals surface area contributed by atoms with Gasteiger partial charge in [-0.25, -0.2) is 0 Å². The van der Waals surface area contributed by atoms with Crippen LogP contribution < -0.4 is 0 Å². The van der Waals surface area contributed by atoms with Crippen LogP contribution in [0.1, 0.15) is 20.8 Å². The molecule has 0 unspecified atom stereocenters. The van der Waals surface area contributed by atoms with Crippen LogP contribution in [0.3, 0.4) is 0 Å². The molecule has 0 aliphatic carbocycles.